The van der Waals surface area contributed by atoms with Gasteiger partial charge in [-0.15, -0.1) is 0 Å². The fourth-order valence-corrected chi connectivity index (χ4v) is 3.44. The van der Waals surface area contributed by atoms with Crippen molar-refractivity contribution >= 4 is 41.4 Å². The zero-order chi connectivity index (χ0) is 25.7. The summed E-state index contributed by atoms with van der Waals surface area (Å²) < 4.78 is 0. The highest BCUT2D eigenvalue weighted by Gasteiger charge is 2.33. The molecule has 0 spiro atoms. The number of hydrogen-bond donors (Lipinski definition) is 6. The Kier molecular flexibility index (Phi) is 14.4. The van der Waals surface area contributed by atoms with Crippen molar-refractivity contribution < 1.29 is 34.2 Å². The van der Waals surface area contributed by atoms with Crippen LogP contribution in [0.3, 0.4) is 0 Å². The van der Waals surface area contributed by atoms with Crippen LogP contribution in [0.5, 0.6) is 0 Å². The van der Waals surface area contributed by atoms with E-state index in [0.717, 1.165) is 0 Å². The van der Waals surface area contributed by atoms with Crippen molar-refractivity contribution in [3.63, 3.8) is 0 Å². The molecule has 190 valence electrons. The monoisotopic (exact) mass is 490 g/mol. The summed E-state index contributed by atoms with van der Waals surface area (Å²) in [5.74, 6) is -4.52. The molecule has 0 aromatic heterocycles. The molecule has 0 saturated carbocycles. The van der Waals surface area contributed by atoms with E-state index in [2.05, 4.69) is 16.0 Å². The van der Waals surface area contributed by atoms with Crippen LogP contribution in [0, 0.1) is 11.8 Å². The maximum absolute atomic E-state index is 12.9. The van der Waals surface area contributed by atoms with Gasteiger partial charge in [-0.3, -0.25) is 19.2 Å². The number of nitrogens with one attached hydrogen (secondary N) is 3. The van der Waals surface area contributed by atoms with E-state index in [-0.39, 0.29) is 18.3 Å². The second-order valence-corrected chi connectivity index (χ2v) is 9.43. The second kappa shape index (κ2) is 15.5. The van der Waals surface area contributed by atoms with Crippen LogP contribution >= 0.6 is 11.8 Å². The van der Waals surface area contributed by atoms with Crippen molar-refractivity contribution in [1.29, 1.82) is 0 Å². The van der Waals surface area contributed by atoms with Gasteiger partial charge in [0.05, 0.1) is 12.5 Å². The Morgan fingerprint density at radius 1 is 0.909 bits per heavy atom. The standard InChI is InChI=1S/C21H38N4O7S/c1-6-12(4)17(25-18(28)13(22)7-8-33-5)20(30)23-14(10-16(26)27)19(29)24-15(21(31)32)9-11(2)3/h11-15,17H,6-10,22H2,1-5H3,(H,23,30)(H,24,29)(H,25,28)(H,26,27)(H,31,32). The summed E-state index contributed by atoms with van der Waals surface area (Å²) in [6, 6.07) is -4.61. The predicted octanol–water partition coefficient (Wildman–Crippen LogP) is 0.173. The van der Waals surface area contributed by atoms with Crippen LogP contribution in [0.15, 0.2) is 0 Å². The Bertz CT molecular complexity index is 690. The molecule has 5 unspecified atom stereocenters. The molecule has 0 aliphatic carbocycles. The molecule has 3 amide bonds. The Labute approximate surface area is 199 Å². The SMILES string of the molecule is CCC(C)C(NC(=O)C(N)CCSC)C(=O)NC(CC(=O)O)C(=O)NC(CC(C)C)C(=O)O. The minimum Gasteiger partial charge on any atom is -0.481 e. The fourth-order valence-electron chi connectivity index (χ4n) is 2.95. The molecule has 33 heavy (non-hydrogen) atoms. The van der Waals surface area contributed by atoms with E-state index < -0.39 is 60.2 Å². The van der Waals surface area contributed by atoms with Crippen LogP contribution in [0.25, 0.3) is 0 Å². The molecule has 0 aromatic carbocycles. The summed E-state index contributed by atoms with van der Waals surface area (Å²) in [5, 5.41) is 25.8. The maximum Gasteiger partial charge on any atom is 0.326 e. The number of carbonyl (C=O) groups excluding carboxylic acids is 3. The van der Waals surface area contributed by atoms with Crippen molar-refractivity contribution in [2.45, 2.75) is 77.5 Å². The van der Waals surface area contributed by atoms with Crippen LogP contribution in [0.1, 0.15) is 53.4 Å². The lowest BCUT2D eigenvalue weighted by molar-refractivity contribution is -0.144. The van der Waals surface area contributed by atoms with E-state index >= 15 is 0 Å². The Hall–Kier alpha value is -2.34. The summed E-state index contributed by atoms with van der Waals surface area (Å²) in [6.07, 6.45) is 2.19. The average Bonchev–Trinajstić information content (AvgIpc) is 2.72. The van der Waals surface area contributed by atoms with Crippen molar-refractivity contribution in [2.24, 2.45) is 17.6 Å². The number of thioether (sulfide) groups is 1. The van der Waals surface area contributed by atoms with E-state index in [1.807, 2.05) is 13.2 Å². The third kappa shape index (κ3) is 11.9. The first-order valence-corrected chi connectivity index (χ1v) is 12.3. The van der Waals surface area contributed by atoms with Crippen LogP contribution in [0.4, 0.5) is 0 Å². The van der Waals surface area contributed by atoms with E-state index in [4.69, 9.17) is 5.73 Å². The van der Waals surface area contributed by atoms with Gasteiger partial charge in [0.15, 0.2) is 0 Å². The smallest absolute Gasteiger partial charge is 0.326 e. The van der Waals surface area contributed by atoms with Gasteiger partial charge in [0.2, 0.25) is 17.7 Å². The van der Waals surface area contributed by atoms with Crippen LogP contribution in [-0.2, 0) is 24.0 Å². The predicted molar refractivity (Wildman–Crippen MR) is 126 cm³/mol. The third-order valence-electron chi connectivity index (χ3n) is 5.10. The van der Waals surface area contributed by atoms with E-state index in [1.54, 1.807) is 20.8 Å². The van der Waals surface area contributed by atoms with E-state index in [0.29, 0.717) is 18.6 Å². The van der Waals surface area contributed by atoms with Gasteiger partial charge in [-0.2, -0.15) is 11.8 Å². The highest BCUT2D eigenvalue weighted by molar-refractivity contribution is 7.98. The minimum atomic E-state index is -1.52. The number of carbonyl (C=O) groups is 5. The molecule has 11 nitrogen and oxygen atoms in total. The van der Waals surface area contributed by atoms with Gasteiger partial charge >= 0.3 is 11.9 Å². The van der Waals surface area contributed by atoms with Crippen LogP contribution < -0.4 is 21.7 Å². The summed E-state index contributed by atoms with van der Waals surface area (Å²) >= 11 is 1.53. The second-order valence-electron chi connectivity index (χ2n) is 8.45. The number of rotatable bonds is 16. The van der Waals surface area contributed by atoms with E-state index in [9.17, 15) is 34.2 Å². The molecule has 0 aliphatic heterocycles. The summed E-state index contributed by atoms with van der Waals surface area (Å²) in [5.41, 5.74) is 5.88. The Balaban J connectivity index is 5.53. The zero-order valence-corrected chi connectivity index (χ0v) is 20.7. The number of carboxylic acid groups (broad SMARTS) is 2. The molecular formula is C21H38N4O7S. The molecule has 0 rings (SSSR count). The van der Waals surface area contributed by atoms with Gasteiger partial charge in [0.25, 0.3) is 0 Å². The molecule has 0 fully saturated rings. The quantitative estimate of drug-likeness (QED) is 0.175. The number of nitrogens with two attached hydrogens (primary N) is 1. The first kappa shape index (κ1) is 30.7. The normalized spacial score (nSPS) is 15.6. The molecule has 12 heteroatoms. The van der Waals surface area contributed by atoms with Gasteiger partial charge in [0.1, 0.15) is 18.1 Å². The van der Waals surface area contributed by atoms with E-state index in [1.165, 1.54) is 11.8 Å². The average molecular weight is 491 g/mol. The maximum atomic E-state index is 12.9. The number of aliphatic carboxylic acids is 2. The minimum absolute atomic E-state index is 0.0424. The van der Waals surface area contributed by atoms with Crippen molar-refractivity contribution in [1.82, 2.24) is 16.0 Å². The molecule has 0 saturated heterocycles. The summed E-state index contributed by atoms with van der Waals surface area (Å²) in [7, 11) is 0. The molecule has 0 radical (unpaired) electrons. The summed E-state index contributed by atoms with van der Waals surface area (Å²) in [4.78, 5) is 60.8. The largest absolute Gasteiger partial charge is 0.481 e. The highest BCUT2D eigenvalue weighted by atomic mass is 32.2. The number of carboxylic acids is 2. The Morgan fingerprint density at radius 2 is 1.48 bits per heavy atom. The fraction of sp³-hybridized carbons (Fsp3) is 0.762. The molecule has 0 aliphatic rings. The Morgan fingerprint density at radius 3 is 1.94 bits per heavy atom. The molecule has 0 heterocycles. The molecule has 0 aromatic rings. The molecular weight excluding hydrogens is 452 g/mol. The number of amides is 3. The first-order chi connectivity index (χ1) is 15.3. The van der Waals surface area contributed by atoms with Crippen LogP contribution in [0.2, 0.25) is 0 Å². The molecule has 0 bridgehead atoms. The van der Waals surface area contributed by atoms with Crippen LogP contribution in [-0.4, -0.2) is 76.0 Å². The topological polar surface area (TPSA) is 188 Å². The molecule has 7 N–H and O–H groups in total. The lowest BCUT2D eigenvalue weighted by Crippen LogP contribution is -2.59. The summed E-state index contributed by atoms with van der Waals surface area (Å²) in [6.45, 7) is 7.10. The number of hydrogen-bond acceptors (Lipinski definition) is 7. The van der Waals surface area contributed by atoms with Gasteiger partial charge in [0, 0.05) is 0 Å². The zero-order valence-electron chi connectivity index (χ0n) is 19.9. The van der Waals surface area contributed by atoms with Gasteiger partial charge in [-0.05, 0) is 36.7 Å². The third-order valence-corrected chi connectivity index (χ3v) is 5.74. The first-order valence-electron chi connectivity index (χ1n) is 10.9. The van der Waals surface area contributed by atoms with Crippen molar-refractivity contribution in [2.75, 3.05) is 12.0 Å². The molecule has 5 atom stereocenters. The lowest BCUT2D eigenvalue weighted by atomic mass is 9.97. The van der Waals surface area contributed by atoms with Gasteiger partial charge in [-0.25, -0.2) is 4.79 Å². The highest BCUT2D eigenvalue weighted by Crippen LogP contribution is 2.11. The van der Waals surface area contributed by atoms with Crippen molar-refractivity contribution in [3.05, 3.63) is 0 Å². The van der Waals surface area contributed by atoms with Crippen molar-refractivity contribution in [3.8, 4) is 0 Å². The van der Waals surface area contributed by atoms with Gasteiger partial charge in [-0.1, -0.05) is 34.1 Å². The lowest BCUT2D eigenvalue weighted by Gasteiger charge is -2.27. The van der Waals surface area contributed by atoms with Gasteiger partial charge < -0.3 is 31.9 Å².